The zero-order chi connectivity index (χ0) is 22.6. The third-order valence-electron chi connectivity index (χ3n) is 6.06. The van der Waals surface area contributed by atoms with E-state index in [2.05, 4.69) is 66.5 Å². The molecule has 0 radical (unpaired) electrons. The average Bonchev–Trinajstić information content (AvgIpc) is 3.24. The number of amides is 4. The van der Waals surface area contributed by atoms with Crippen molar-refractivity contribution in [3.05, 3.63) is 81.8 Å². The summed E-state index contributed by atoms with van der Waals surface area (Å²) in [5.41, 5.74) is 4.65. The topological polar surface area (TPSA) is 69.7 Å². The number of barbiturate groups is 1. The predicted molar refractivity (Wildman–Crippen MR) is 124 cm³/mol. The molecule has 1 aromatic heterocycles. The maximum absolute atomic E-state index is 12.4. The Kier molecular flexibility index (Phi) is 4.69. The zero-order valence-corrected chi connectivity index (χ0v) is 19.6. The number of rotatable bonds is 2. The van der Waals surface area contributed by atoms with Crippen LogP contribution in [0.3, 0.4) is 0 Å². The van der Waals surface area contributed by atoms with Crippen molar-refractivity contribution in [2.24, 2.45) is 0 Å². The van der Waals surface area contributed by atoms with Crippen molar-refractivity contribution in [1.82, 2.24) is 10.2 Å². The second-order valence-corrected chi connectivity index (χ2v) is 10.6. The van der Waals surface area contributed by atoms with Crippen LogP contribution in [0.15, 0.2) is 66.2 Å². The van der Waals surface area contributed by atoms with Gasteiger partial charge in [0.2, 0.25) is 0 Å². The normalized spacial score (nSPS) is 18.5. The second kappa shape index (κ2) is 7.33. The molecule has 0 aliphatic carbocycles. The van der Waals surface area contributed by atoms with Crippen molar-refractivity contribution in [2.75, 3.05) is 11.9 Å². The van der Waals surface area contributed by atoms with Crippen molar-refractivity contribution < 1.29 is 14.4 Å². The van der Waals surface area contributed by atoms with Crippen molar-refractivity contribution in [3.63, 3.8) is 0 Å². The van der Waals surface area contributed by atoms with E-state index in [0.29, 0.717) is 0 Å². The van der Waals surface area contributed by atoms with E-state index < -0.39 is 17.8 Å². The van der Waals surface area contributed by atoms with Gasteiger partial charge in [-0.25, -0.2) is 0 Å². The molecule has 1 N–H and O–H groups in total. The molecular weight excluding hydrogens is 469 g/mol. The number of carbonyl (C=O) groups excluding carboxylic acids is 3. The Morgan fingerprint density at radius 2 is 1.47 bits per heavy atom. The number of imide groups is 2. The SMILES string of the molecule is CN1C(=O)NC(=O)/C(=C/c2ccc(N3c4ccccc4C(C)(C)c4ccccc43)[se]2)C1=O. The number of likely N-dealkylation sites (N-methyl/N-ethyl adjacent to an activating group) is 1. The van der Waals surface area contributed by atoms with Gasteiger partial charge >= 0.3 is 192 Å². The summed E-state index contributed by atoms with van der Waals surface area (Å²) in [5.74, 6) is -1.24. The van der Waals surface area contributed by atoms with Crippen LogP contribution in [-0.2, 0) is 15.0 Å². The van der Waals surface area contributed by atoms with Crippen molar-refractivity contribution in [2.45, 2.75) is 19.3 Å². The third kappa shape index (κ3) is 3.05. The fourth-order valence-corrected chi connectivity index (χ4v) is 6.39. The summed E-state index contributed by atoms with van der Waals surface area (Å²) >= 11 is -0.130. The fraction of sp³-hybridized carbons (Fsp3) is 0.160. The molecule has 160 valence electrons. The van der Waals surface area contributed by atoms with Crippen LogP contribution in [0.25, 0.3) is 6.08 Å². The molecule has 5 rings (SSSR count). The Morgan fingerprint density at radius 3 is 2.09 bits per heavy atom. The first-order valence-corrected chi connectivity index (χ1v) is 11.9. The van der Waals surface area contributed by atoms with E-state index in [4.69, 9.17) is 0 Å². The number of anilines is 3. The van der Waals surface area contributed by atoms with E-state index in [1.54, 1.807) is 6.08 Å². The van der Waals surface area contributed by atoms with Gasteiger partial charge in [-0.1, -0.05) is 0 Å². The minimum absolute atomic E-state index is 0.0181. The summed E-state index contributed by atoms with van der Waals surface area (Å²) in [7, 11) is 1.36. The van der Waals surface area contributed by atoms with Crippen molar-refractivity contribution in [1.29, 1.82) is 0 Å². The zero-order valence-electron chi connectivity index (χ0n) is 17.9. The van der Waals surface area contributed by atoms with Gasteiger partial charge in [0.1, 0.15) is 0 Å². The quantitative estimate of drug-likeness (QED) is 0.336. The number of nitrogens with one attached hydrogen (secondary N) is 1. The summed E-state index contributed by atoms with van der Waals surface area (Å²) in [6.07, 6.45) is 1.61. The molecule has 2 aliphatic rings. The van der Waals surface area contributed by atoms with E-state index in [1.807, 2.05) is 18.2 Å². The number of carbonyl (C=O) groups is 3. The van der Waals surface area contributed by atoms with Gasteiger partial charge in [-0.2, -0.15) is 0 Å². The van der Waals surface area contributed by atoms with Gasteiger partial charge in [0.15, 0.2) is 0 Å². The summed E-state index contributed by atoms with van der Waals surface area (Å²) in [4.78, 5) is 39.5. The minimum atomic E-state index is -0.703. The molecule has 2 aliphatic heterocycles. The van der Waals surface area contributed by atoms with Crippen molar-refractivity contribution in [3.8, 4) is 0 Å². The van der Waals surface area contributed by atoms with Gasteiger partial charge < -0.3 is 0 Å². The summed E-state index contributed by atoms with van der Waals surface area (Å²) in [6.45, 7) is 4.49. The molecule has 1 fully saturated rings. The van der Waals surface area contributed by atoms with E-state index in [0.717, 1.165) is 25.3 Å². The average molecular weight is 490 g/mol. The monoisotopic (exact) mass is 491 g/mol. The van der Waals surface area contributed by atoms with Crippen LogP contribution in [0.2, 0.25) is 0 Å². The van der Waals surface area contributed by atoms with Crippen LogP contribution in [0.1, 0.15) is 29.4 Å². The molecule has 3 aromatic rings. The molecule has 0 bridgehead atoms. The molecule has 32 heavy (non-hydrogen) atoms. The Labute approximate surface area is 191 Å². The molecule has 7 heteroatoms. The standard InChI is InChI=1S/C25H21N3O3Se/c1-25(2)17-8-4-6-10-19(17)28(20-11-7-5-9-18(20)25)21-13-12-15(32-21)14-16-22(29)26-24(31)27(3)23(16)30/h4-14H,1-3H3,(H,26,29,31)/b16-14-. The number of para-hydroxylation sites is 2. The first-order valence-electron chi connectivity index (χ1n) is 10.2. The van der Waals surface area contributed by atoms with E-state index in [-0.39, 0.29) is 25.5 Å². The first kappa shape index (κ1) is 20.5. The summed E-state index contributed by atoms with van der Waals surface area (Å²) < 4.78 is 2.02. The molecule has 0 atom stereocenters. The van der Waals surface area contributed by atoms with Crippen LogP contribution < -0.4 is 10.2 Å². The molecule has 0 unspecified atom stereocenters. The van der Waals surface area contributed by atoms with Gasteiger partial charge in [-0.15, -0.1) is 0 Å². The van der Waals surface area contributed by atoms with Gasteiger partial charge in [0.05, 0.1) is 0 Å². The van der Waals surface area contributed by atoms with Gasteiger partial charge in [0.25, 0.3) is 0 Å². The van der Waals surface area contributed by atoms with Gasteiger partial charge in [-0.3, -0.25) is 0 Å². The van der Waals surface area contributed by atoms with Crippen molar-refractivity contribution >= 4 is 54.4 Å². The number of benzene rings is 2. The number of nitrogens with zero attached hydrogens (tertiary/aromatic N) is 2. The van der Waals surface area contributed by atoms with Crippen LogP contribution in [0.4, 0.5) is 20.7 Å². The third-order valence-corrected chi connectivity index (χ3v) is 8.20. The van der Waals surface area contributed by atoms with Crippen LogP contribution >= 0.6 is 0 Å². The Morgan fingerprint density at radius 1 is 0.875 bits per heavy atom. The van der Waals surface area contributed by atoms with Crippen LogP contribution in [0, 0.1) is 0 Å². The molecule has 2 aromatic carbocycles. The number of hydrogen-bond donors (Lipinski definition) is 1. The maximum atomic E-state index is 12.4. The summed E-state index contributed by atoms with van der Waals surface area (Å²) in [6, 6.07) is 20.2. The Balaban J connectivity index is 1.60. The molecule has 0 saturated carbocycles. The van der Waals surface area contributed by atoms with Gasteiger partial charge in [0, 0.05) is 0 Å². The van der Waals surface area contributed by atoms with E-state index in [9.17, 15) is 14.4 Å². The van der Waals surface area contributed by atoms with Gasteiger partial charge in [-0.05, 0) is 0 Å². The number of hydrogen-bond acceptors (Lipinski definition) is 4. The van der Waals surface area contributed by atoms with Crippen LogP contribution in [-0.4, -0.2) is 44.3 Å². The molecule has 1 saturated heterocycles. The Bertz CT molecular complexity index is 1270. The molecule has 0 spiro atoms. The van der Waals surface area contributed by atoms with E-state index in [1.165, 1.54) is 18.2 Å². The van der Waals surface area contributed by atoms with Crippen LogP contribution in [0.5, 0.6) is 0 Å². The molecular formula is C25H21N3O3Se. The number of urea groups is 1. The number of fused-ring (bicyclic) bond motifs is 2. The summed E-state index contributed by atoms with van der Waals surface area (Å²) in [5, 5.41) is 2.20. The molecule has 4 amide bonds. The second-order valence-electron chi connectivity index (χ2n) is 8.35. The first-order chi connectivity index (χ1) is 15.3. The predicted octanol–water partition coefficient (Wildman–Crippen LogP) is 3.94. The van der Waals surface area contributed by atoms with E-state index >= 15 is 0 Å². The molecule has 6 nitrogen and oxygen atoms in total. The molecule has 3 heterocycles. The fourth-order valence-electron chi connectivity index (χ4n) is 4.33. The Hall–Kier alpha value is -3.41.